The number of ether oxygens (including phenoxy) is 1. The van der Waals surface area contributed by atoms with Crippen molar-refractivity contribution in [2.75, 3.05) is 13.7 Å². The number of hydrogen-bond acceptors (Lipinski definition) is 3. The summed E-state index contributed by atoms with van der Waals surface area (Å²) in [4.78, 5) is 11.9. The van der Waals surface area contributed by atoms with E-state index in [0.29, 0.717) is 12.1 Å². The molecule has 0 heterocycles. The number of halogens is 1. The van der Waals surface area contributed by atoms with Gasteiger partial charge in [-0.3, -0.25) is 4.79 Å². The molecule has 1 atom stereocenters. The molecule has 0 fully saturated rings. The van der Waals surface area contributed by atoms with E-state index in [4.69, 9.17) is 10.5 Å². The Balaban J connectivity index is 2.77. The summed E-state index contributed by atoms with van der Waals surface area (Å²) in [6, 6.07) is 3.96. The molecule has 3 N–H and O–H groups in total. The van der Waals surface area contributed by atoms with E-state index < -0.39 is 5.82 Å². The highest BCUT2D eigenvalue weighted by Gasteiger charge is 2.13. The molecule has 0 saturated heterocycles. The third kappa shape index (κ3) is 3.70. The number of nitrogens with two attached hydrogens (primary N) is 1. The fourth-order valence-corrected chi connectivity index (χ4v) is 1.67. The number of rotatable bonds is 6. The van der Waals surface area contributed by atoms with Crippen LogP contribution in [0.15, 0.2) is 18.2 Å². The van der Waals surface area contributed by atoms with Crippen LogP contribution < -0.4 is 15.8 Å². The van der Waals surface area contributed by atoms with Gasteiger partial charge in [0.1, 0.15) is 0 Å². The number of carbonyl (C=O) groups excluding carboxylic acids is 1. The maximum Gasteiger partial charge on any atom is 0.251 e. The van der Waals surface area contributed by atoms with Crippen LogP contribution in [0.3, 0.4) is 0 Å². The van der Waals surface area contributed by atoms with E-state index in [2.05, 4.69) is 5.32 Å². The number of methoxy groups -OCH3 is 1. The molecular weight excluding hydrogens is 235 g/mol. The minimum atomic E-state index is -0.488. The first-order valence-corrected chi connectivity index (χ1v) is 5.96. The summed E-state index contributed by atoms with van der Waals surface area (Å²) < 4.78 is 18.0. The summed E-state index contributed by atoms with van der Waals surface area (Å²) in [6.45, 7) is 2.41. The van der Waals surface area contributed by atoms with Gasteiger partial charge in [0.15, 0.2) is 11.6 Å². The molecule has 0 spiro atoms. The number of nitrogens with one attached hydrogen (secondary N) is 1. The summed E-state index contributed by atoms with van der Waals surface area (Å²) in [5.74, 6) is -0.697. The van der Waals surface area contributed by atoms with E-state index in [-0.39, 0.29) is 17.7 Å². The lowest BCUT2D eigenvalue weighted by Crippen LogP contribution is -2.40. The Hall–Kier alpha value is -1.62. The second-order valence-electron chi connectivity index (χ2n) is 4.04. The van der Waals surface area contributed by atoms with Gasteiger partial charge in [0.2, 0.25) is 0 Å². The monoisotopic (exact) mass is 254 g/mol. The Morgan fingerprint density at radius 2 is 2.28 bits per heavy atom. The van der Waals surface area contributed by atoms with Gasteiger partial charge in [-0.15, -0.1) is 0 Å². The molecule has 0 aliphatic rings. The second kappa shape index (κ2) is 6.96. The van der Waals surface area contributed by atoms with Gasteiger partial charge < -0.3 is 15.8 Å². The number of carbonyl (C=O) groups is 1. The fraction of sp³-hybridized carbons (Fsp3) is 0.462. The van der Waals surface area contributed by atoms with E-state index >= 15 is 0 Å². The standard InChI is InChI=1S/C13H19FN2O2/c1-3-4-10(8-15)16-13(17)9-5-6-11(14)12(7-9)18-2/h5-7,10H,3-4,8,15H2,1-2H3,(H,16,17). The molecule has 0 bridgehead atoms. The molecule has 1 rings (SSSR count). The quantitative estimate of drug-likeness (QED) is 0.812. The van der Waals surface area contributed by atoms with E-state index in [1.807, 2.05) is 6.92 Å². The van der Waals surface area contributed by atoms with Gasteiger partial charge in [0.05, 0.1) is 7.11 Å². The van der Waals surface area contributed by atoms with Crippen LogP contribution in [0.25, 0.3) is 0 Å². The molecule has 1 unspecified atom stereocenters. The molecular formula is C13H19FN2O2. The summed E-state index contributed by atoms with van der Waals surface area (Å²) >= 11 is 0. The molecule has 1 aromatic carbocycles. The number of amides is 1. The number of hydrogen-bond donors (Lipinski definition) is 2. The molecule has 100 valence electrons. The van der Waals surface area contributed by atoms with Crippen molar-refractivity contribution >= 4 is 5.91 Å². The minimum Gasteiger partial charge on any atom is -0.494 e. The lowest BCUT2D eigenvalue weighted by molar-refractivity contribution is 0.0935. The van der Waals surface area contributed by atoms with E-state index in [9.17, 15) is 9.18 Å². The molecule has 0 radical (unpaired) electrons. The van der Waals surface area contributed by atoms with Gasteiger partial charge in [-0.05, 0) is 24.6 Å². The topological polar surface area (TPSA) is 64.3 Å². The molecule has 0 aliphatic carbocycles. The third-order valence-corrected chi connectivity index (χ3v) is 2.67. The predicted octanol–water partition coefficient (Wildman–Crippen LogP) is 1.69. The van der Waals surface area contributed by atoms with Crippen LogP contribution in [0.2, 0.25) is 0 Å². The summed E-state index contributed by atoms with van der Waals surface area (Å²) in [6.07, 6.45) is 1.76. The predicted molar refractivity (Wildman–Crippen MR) is 68.2 cm³/mol. The maximum absolute atomic E-state index is 13.2. The van der Waals surface area contributed by atoms with Crippen molar-refractivity contribution in [1.82, 2.24) is 5.32 Å². The van der Waals surface area contributed by atoms with Crippen LogP contribution in [0.5, 0.6) is 5.75 Å². The van der Waals surface area contributed by atoms with E-state index in [1.165, 1.54) is 25.3 Å². The van der Waals surface area contributed by atoms with Crippen LogP contribution in [-0.2, 0) is 0 Å². The molecule has 1 amide bonds. The Labute approximate surface area is 106 Å². The average molecular weight is 254 g/mol. The fourth-order valence-electron chi connectivity index (χ4n) is 1.67. The van der Waals surface area contributed by atoms with Gasteiger partial charge >= 0.3 is 0 Å². The zero-order chi connectivity index (χ0) is 13.5. The van der Waals surface area contributed by atoms with Crippen molar-refractivity contribution in [2.45, 2.75) is 25.8 Å². The molecule has 0 aliphatic heterocycles. The molecule has 18 heavy (non-hydrogen) atoms. The zero-order valence-corrected chi connectivity index (χ0v) is 10.7. The van der Waals surface area contributed by atoms with Gasteiger partial charge in [-0.2, -0.15) is 0 Å². The average Bonchev–Trinajstić information content (AvgIpc) is 2.38. The largest absolute Gasteiger partial charge is 0.494 e. The Morgan fingerprint density at radius 1 is 1.56 bits per heavy atom. The Bertz CT molecular complexity index is 410. The lowest BCUT2D eigenvalue weighted by Gasteiger charge is -2.16. The highest BCUT2D eigenvalue weighted by atomic mass is 19.1. The van der Waals surface area contributed by atoms with Gasteiger partial charge in [-0.25, -0.2) is 4.39 Å². The van der Waals surface area contributed by atoms with Crippen LogP contribution in [-0.4, -0.2) is 25.6 Å². The molecule has 4 nitrogen and oxygen atoms in total. The normalized spacial score (nSPS) is 12.0. The molecule has 0 saturated carbocycles. The van der Waals surface area contributed by atoms with Crippen LogP contribution in [0, 0.1) is 5.82 Å². The summed E-state index contributed by atoms with van der Waals surface area (Å²) in [5, 5.41) is 2.81. The highest BCUT2D eigenvalue weighted by Crippen LogP contribution is 2.18. The van der Waals surface area contributed by atoms with Crippen molar-refractivity contribution in [1.29, 1.82) is 0 Å². The van der Waals surface area contributed by atoms with Crippen LogP contribution in [0.4, 0.5) is 4.39 Å². The molecule has 5 heteroatoms. The summed E-state index contributed by atoms with van der Waals surface area (Å²) in [5.41, 5.74) is 5.93. The van der Waals surface area contributed by atoms with Crippen LogP contribution >= 0.6 is 0 Å². The highest BCUT2D eigenvalue weighted by molar-refractivity contribution is 5.94. The van der Waals surface area contributed by atoms with Gasteiger partial charge in [-0.1, -0.05) is 13.3 Å². The second-order valence-corrected chi connectivity index (χ2v) is 4.04. The number of benzene rings is 1. The molecule has 1 aromatic rings. The van der Waals surface area contributed by atoms with Crippen molar-refractivity contribution in [2.24, 2.45) is 5.73 Å². The van der Waals surface area contributed by atoms with Crippen LogP contribution in [0.1, 0.15) is 30.1 Å². The van der Waals surface area contributed by atoms with Crippen molar-refractivity contribution in [3.63, 3.8) is 0 Å². The third-order valence-electron chi connectivity index (χ3n) is 2.67. The first kappa shape index (κ1) is 14.4. The van der Waals surface area contributed by atoms with E-state index in [1.54, 1.807) is 0 Å². The minimum absolute atomic E-state index is 0.0569. The smallest absolute Gasteiger partial charge is 0.251 e. The Kier molecular flexibility index (Phi) is 5.58. The van der Waals surface area contributed by atoms with Crippen molar-refractivity contribution < 1.29 is 13.9 Å². The SMILES string of the molecule is CCCC(CN)NC(=O)c1ccc(F)c(OC)c1. The maximum atomic E-state index is 13.2. The Morgan fingerprint density at radius 3 is 2.83 bits per heavy atom. The summed E-state index contributed by atoms with van der Waals surface area (Å²) in [7, 11) is 1.36. The van der Waals surface area contributed by atoms with Crippen molar-refractivity contribution in [3.05, 3.63) is 29.6 Å². The van der Waals surface area contributed by atoms with Crippen molar-refractivity contribution in [3.8, 4) is 5.75 Å². The first-order chi connectivity index (χ1) is 8.62. The van der Waals surface area contributed by atoms with Gasteiger partial charge in [0.25, 0.3) is 5.91 Å². The zero-order valence-electron chi connectivity index (χ0n) is 10.7. The first-order valence-electron chi connectivity index (χ1n) is 5.96. The van der Waals surface area contributed by atoms with E-state index in [0.717, 1.165) is 12.8 Å². The lowest BCUT2D eigenvalue weighted by atomic mass is 10.1. The molecule has 0 aromatic heterocycles. The van der Waals surface area contributed by atoms with Gasteiger partial charge in [0, 0.05) is 18.2 Å².